The topological polar surface area (TPSA) is 58.6 Å². The van der Waals surface area contributed by atoms with Gasteiger partial charge in [-0.15, -0.1) is 24.9 Å². The molecule has 27 heavy (non-hydrogen) atoms. The third-order valence-corrected chi connectivity index (χ3v) is 5.89. The fraction of sp³-hybridized carbons (Fsp3) is 0.222. The van der Waals surface area contributed by atoms with E-state index in [9.17, 15) is 22.8 Å². The van der Waals surface area contributed by atoms with Gasteiger partial charge in [-0.25, -0.2) is 0 Å². The molecular weight excluding hydrogens is 381 g/mol. The van der Waals surface area contributed by atoms with Crippen LogP contribution in [0, 0.1) is 0 Å². The number of benzene rings is 2. The van der Waals surface area contributed by atoms with Gasteiger partial charge in [0.1, 0.15) is 5.75 Å². The number of hydrogen-bond donors (Lipinski definition) is 1. The van der Waals surface area contributed by atoms with Crippen molar-refractivity contribution in [1.82, 2.24) is 0 Å². The molecule has 0 unspecified atom stereocenters. The lowest BCUT2D eigenvalue weighted by atomic mass is 10.0. The Labute approximate surface area is 156 Å². The van der Waals surface area contributed by atoms with Gasteiger partial charge in [-0.2, -0.15) is 0 Å². The van der Waals surface area contributed by atoms with Crippen molar-refractivity contribution in [3.63, 3.8) is 0 Å². The minimum atomic E-state index is -4.80. The van der Waals surface area contributed by atoms with Gasteiger partial charge in [-0.1, -0.05) is 18.2 Å². The predicted octanol–water partition coefficient (Wildman–Crippen LogP) is 3.86. The Morgan fingerprint density at radius 1 is 1.11 bits per heavy atom. The van der Waals surface area contributed by atoms with Gasteiger partial charge in [0.05, 0.1) is 5.25 Å². The number of para-hydroxylation sites is 1. The molecule has 0 bridgehead atoms. The molecule has 2 aliphatic rings. The Bertz CT molecular complexity index is 932. The first-order valence-electron chi connectivity index (χ1n) is 8.01. The highest BCUT2D eigenvalue weighted by Crippen LogP contribution is 2.56. The van der Waals surface area contributed by atoms with Gasteiger partial charge in [0.2, 0.25) is 10.8 Å². The van der Waals surface area contributed by atoms with Crippen LogP contribution in [0.3, 0.4) is 0 Å². The Hall–Kier alpha value is -2.68. The summed E-state index contributed by atoms with van der Waals surface area (Å²) >= 11 is 1.20. The van der Waals surface area contributed by atoms with E-state index in [4.69, 9.17) is 0 Å². The summed E-state index contributed by atoms with van der Waals surface area (Å²) in [5.74, 6) is -1.05. The molecule has 0 aromatic heterocycles. The molecule has 2 aromatic rings. The monoisotopic (exact) mass is 394 g/mol. The molecule has 2 aromatic carbocycles. The lowest BCUT2D eigenvalue weighted by Crippen LogP contribution is -2.47. The van der Waals surface area contributed by atoms with Crippen molar-refractivity contribution in [2.45, 2.75) is 23.4 Å². The fourth-order valence-corrected chi connectivity index (χ4v) is 4.84. The van der Waals surface area contributed by atoms with Crippen molar-refractivity contribution in [3.8, 4) is 5.75 Å². The van der Waals surface area contributed by atoms with Gasteiger partial charge in [-0.3, -0.25) is 14.5 Å². The highest BCUT2D eigenvalue weighted by Gasteiger charge is 2.60. The second-order valence-electron chi connectivity index (χ2n) is 6.12. The number of anilines is 2. The van der Waals surface area contributed by atoms with E-state index in [0.29, 0.717) is 16.9 Å². The van der Waals surface area contributed by atoms with Crippen LogP contribution < -0.4 is 15.0 Å². The average molecular weight is 394 g/mol. The second-order valence-corrected chi connectivity index (χ2v) is 7.65. The number of amides is 2. The Morgan fingerprint density at radius 2 is 1.78 bits per heavy atom. The third kappa shape index (κ3) is 2.73. The van der Waals surface area contributed by atoms with Gasteiger partial charge >= 0.3 is 6.36 Å². The minimum Gasteiger partial charge on any atom is -0.406 e. The van der Waals surface area contributed by atoms with E-state index in [1.807, 2.05) is 0 Å². The largest absolute Gasteiger partial charge is 0.573 e. The molecule has 5 nitrogen and oxygen atoms in total. The lowest BCUT2D eigenvalue weighted by Gasteiger charge is -2.32. The normalized spacial score (nSPS) is 24.3. The zero-order valence-electron chi connectivity index (χ0n) is 13.9. The molecule has 0 aliphatic carbocycles. The van der Waals surface area contributed by atoms with Crippen LogP contribution in [0.1, 0.15) is 12.5 Å². The molecule has 2 amide bonds. The first-order valence-corrected chi connectivity index (χ1v) is 8.89. The molecule has 9 heteroatoms. The summed E-state index contributed by atoms with van der Waals surface area (Å²) in [5.41, 5.74) is 1.57. The Morgan fingerprint density at radius 3 is 2.44 bits per heavy atom. The molecule has 0 saturated carbocycles. The van der Waals surface area contributed by atoms with Gasteiger partial charge in [0.25, 0.3) is 5.91 Å². The van der Waals surface area contributed by atoms with Crippen molar-refractivity contribution in [2.75, 3.05) is 10.2 Å². The fourth-order valence-electron chi connectivity index (χ4n) is 3.36. The summed E-state index contributed by atoms with van der Waals surface area (Å²) in [6, 6.07) is 12.0. The van der Waals surface area contributed by atoms with Crippen molar-refractivity contribution in [1.29, 1.82) is 0 Å². The van der Waals surface area contributed by atoms with E-state index < -0.39 is 22.2 Å². The summed E-state index contributed by atoms with van der Waals surface area (Å²) in [6.07, 6.45) is -4.80. The Balaban J connectivity index is 1.79. The molecule has 1 N–H and O–H groups in total. The average Bonchev–Trinajstić information content (AvgIpc) is 3.02. The van der Waals surface area contributed by atoms with Crippen LogP contribution in [0.5, 0.6) is 5.75 Å². The van der Waals surface area contributed by atoms with Crippen LogP contribution in [0.2, 0.25) is 0 Å². The first-order chi connectivity index (χ1) is 12.7. The number of halogens is 3. The number of hydrogen-bond acceptors (Lipinski definition) is 4. The second kappa shape index (κ2) is 5.91. The van der Waals surface area contributed by atoms with Crippen LogP contribution in [-0.2, 0) is 14.5 Å². The number of rotatable bonds is 2. The van der Waals surface area contributed by atoms with E-state index in [2.05, 4.69) is 10.1 Å². The number of nitrogens with zero attached hydrogens (tertiary/aromatic N) is 1. The number of thioether (sulfide) groups is 1. The maximum Gasteiger partial charge on any atom is 0.573 e. The Kier molecular flexibility index (Phi) is 3.88. The van der Waals surface area contributed by atoms with Crippen LogP contribution in [0.25, 0.3) is 0 Å². The van der Waals surface area contributed by atoms with Gasteiger partial charge in [-0.05, 0) is 37.3 Å². The molecule has 2 heterocycles. The lowest BCUT2D eigenvalue weighted by molar-refractivity contribution is -0.274. The molecule has 4 rings (SSSR count). The molecule has 1 saturated heterocycles. The van der Waals surface area contributed by atoms with Crippen LogP contribution in [-0.4, -0.2) is 23.4 Å². The summed E-state index contributed by atoms with van der Waals surface area (Å²) in [4.78, 5) is 25.8. The summed E-state index contributed by atoms with van der Waals surface area (Å²) in [6.45, 7) is 1.70. The molecule has 140 valence electrons. The van der Waals surface area contributed by atoms with Crippen LogP contribution >= 0.6 is 11.8 Å². The SMILES string of the molecule is C[C@@H]1S[C@]2(C(=O)Nc3ccccc32)N(c2ccc(OC(F)(F)F)cc2)C1=O. The molecular formula is C18H13F3N2O3S. The summed E-state index contributed by atoms with van der Waals surface area (Å²) < 4.78 is 41.0. The number of carbonyl (C=O) groups excluding carboxylic acids is 2. The van der Waals surface area contributed by atoms with Crippen molar-refractivity contribution in [3.05, 3.63) is 54.1 Å². The number of carbonyl (C=O) groups is 2. The maximum absolute atomic E-state index is 12.9. The number of nitrogens with one attached hydrogen (secondary N) is 1. The van der Waals surface area contributed by atoms with Crippen molar-refractivity contribution >= 4 is 35.0 Å². The zero-order valence-corrected chi connectivity index (χ0v) is 14.7. The van der Waals surface area contributed by atoms with Gasteiger partial charge < -0.3 is 10.1 Å². The predicted molar refractivity (Wildman–Crippen MR) is 94.4 cm³/mol. The molecule has 0 radical (unpaired) electrons. The van der Waals surface area contributed by atoms with E-state index in [1.165, 1.54) is 28.8 Å². The quantitative estimate of drug-likeness (QED) is 0.841. The summed E-state index contributed by atoms with van der Waals surface area (Å²) in [5, 5.41) is 2.29. The third-order valence-electron chi connectivity index (χ3n) is 4.41. The molecule has 1 spiro atoms. The zero-order chi connectivity index (χ0) is 19.4. The van der Waals surface area contributed by atoms with E-state index in [-0.39, 0.29) is 11.8 Å². The molecule has 1 fully saturated rings. The van der Waals surface area contributed by atoms with E-state index >= 15 is 0 Å². The first kappa shape index (κ1) is 17.7. The van der Waals surface area contributed by atoms with Gasteiger partial charge in [0, 0.05) is 16.9 Å². The van der Waals surface area contributed by atoms with Crippen LogP contribution in [0.15, 0.2) is 48.5 Å². The molecule has 2 aliphatic heterocycles. The van der Waals surface area contributed by atoms with E-state index in [0.717, 1.165) is 12.1 Å². The highest BCUT2D eigenvalue weighted by atomic mass is 32.2. The smallest absolute Gasteiger partial charge is 0.406 e. The highest BCUT2D eigenvalue weighted by molar-refractivity contribution is 8.03. The molecule has 2 atom stereocenters. The minimum absolute atomic E-state index is 0.295. The maximum atomic E-state index is 12.9. The number of alkyl halides is 3. The van der Waals surface area contributed by atoms with E-state index in [1.54, 1.807) is 31.2 Å². The standard InChI is InChI=1S/C18H13F3N2O3S/c1-10-15(24)23(11-6-8-12(9-7-11)26-18(19,20)21)17(27-10)13-4-2-3-5-14(13)22-16(17)25/h2-10H,1H3,(H,22,25)/t10-,17+/m0/s1. The van der Waals surface area contributed by atoms with Crippen LogP contribution in [0.4, 0.5) is 24.5 Å². The van der Waals surface area contributed by atoms with Crippen molar-refractivity contribution < 1.29 is 27.5 Å². The summed E-state index contributed by atoms with van der Waals surface area (Å²) in [7, 11) is 0. The van der Waals surface area contributed by atoms with Crippen molar-refractivity contribution in [2.24, 2.45) is 0 Å². The number of fused-ring (bicyclic) bond motifs is 2. The number of ether oxygens (including phenoxy) is 1. The van der Waals surface area contributed by atoms with Gasteiger partial charge in [0.15, 0.2) is 0 Å².